The highest BCUT2D eigenvalue weighted by Gasteiger charge is 2.11. The Bertz CT molecular complexity index is 401. The van der Waals surface area contributed by atoms with Crippen molar-refractivity contribution in [3.8, 4) is 5.75 Å². The van der Waals surface area contributed by atoms with Crippen LogP contribution in [0.25, 0.3) is 0 Å². The summed E-state index contributed by atoms with van der Waals surface area (Å²) in [5, 5.41) is 0. The van der Waals surface area contributed by atoms with Crippen molar-refractivity contribution in [3.05, 3.63) is 28.2 Å². The van der Waals surface area contributed by atoms with E-state index in [0.29, 0.717) is 12.3 Å². The van der Waals surface area contributed by atoms with E-state index in [4.69, 9.17) is 4.74 Å². The van der Waals surface area contributed by atoms with Crippen LogP contribution < -0.4 is 4.74 Å². The van der Waals surface area contributed by atoms with E-state index in [2.05, 4.69) is 35.8 Å². The molecule has 0 saturated carbocycles. The highest BCUT2D eigenvalue weighted by molar-refractivity contribution is 9.10. The summed E-state index contributed by atoms with van der Waals surface area (Å²) in [4.78, 5) is 11.1. The van der Waals surface area contributed by atoms with Crippen molar-refractivity contribution in [3.63, 3.8) is 0 Å². The molecular weight excluding hydrogens is 292 g/mol. The summed E-state index contributed by atoms with van der Waals surface area (Å²) >= 11 is 3.48. The van der Waals surface area contributed by atoms with Crippen LogP contribution in [0.15, 0.2) is 22.7 Å². The second kappa shape index (κ2) is 7.57. The Balaban J connectivity index is 2.77. The largest absolute Gasteiger partial charge is 0.493 e. The maximum atomic E-state index is 11.1. The van der Waals surface area contributed by atoms with Crippen molar-refractivity contribution in [2.24, 2.45) is 5.92 Å². The number of hydrogen-bond donors (Lipinski definition) is 0. The molecule has 1 aromatic rings. The van der Waals surface area contributed by atoms with Crippen molar-refractivity contribution in [2.75, 3.05) is 6.61 Å². The summed E-state index contributed by atoms with van der Waals surface area (Å²) in [6.07, 6.45) is 2.50. The second-order valence-corrected chi connectivity index (χ2v) is 5.73. The Morgan fingerprint density at radius 1 is 1.44 bits per heavy atom. The lowest BCUT2D eigenvalue weighted by Gasteiger charge is -2.15. The minimum atomic E-state index is 0.244. The molecule has 0 aliphatic heterocycles. The van der Waals surface area contributed by atoms with E-state index < -0.39 is 0 Å². The Kier molecular flexibility index (Phi) is 6.41. The third-order valence-electron chi connectivity index (χ3n) is 2.69. The lowest BCUT2D eigenvalue weighted by Crippen LogP contribution is -2.07. The van der Waals surface area contributed by atoms with E-state index >= 15 is 0 Å². The summed E-state index contributed by atoms with van der Waals surface area (Å²) < 4.78 is 6.79. The predicted molar refractivity (Wildman–Crippen MR) is 78.1 cm³/mol. The fourth-order valence-corrected chi connectivity index (χ4v) is 2.41. The number of halogens is 1. The van der Waals surface area contributed by atoms with Gasteiger partial charge in [-0.3, -0.25) is 0 Å². The van der Waals surface area contributed by atoms with Gasteiger partial charge >= 0.3 is 0 Å². The average Bonchev–Trinajstić information content (AvgIpc) is 2.26. The topological polar surface area (TPSA) is 26.3 Å². The third-order valence-corrected chi connectivity index (χ3v) is 3.18. The van der Waals surface area contributed by atoms with Crippen molar-refractivity contribution >= 4 is 21.7 Å². The Morgan fingerprint density at radius 2 is 2.17 bits per heavy atom. The molecule has 100 valence electrons. The predicted octanol–water partition coefficient (Wildman–Crippen LogP) is 4.40. The van der Waals surface area contributed by atoms with Gasteiger partial charge in [-0.25, -0.2) is 0 Å². The van der Waals surface area contributed by atoms with Gasteiger partial charge in [0.05, 0.1) is 6.61 Å². The number of carbonyl (C=O) groups excluding carboxylic acids is 1. The summed E-state index contributed by atoms with van der Waals surface area (Å²) in [5.74, 6) is 1.53. The normalized spacial score (nSPS) is 12.2. The molecule has 1 unspecified atom stereocenters. The summed E-state index contributed by atoms with van der Waals surface area (Å²) in [6.45, 7) is 6.57. The van der Waals surface area contributed by atoms with Crippen LogP contribution in [0.1, 0.15) is 39.2 Å². The van der Waals surface area contributed by atoms with E-state index in [1.165, 1.54) is 5.56 Å². The molecule has 0 saturated heterocycles. The zero-order chi connectivity index (χ0) is 13.5. The number of carbonyl (C=O) groups is 1. The van der Waals surface area contributed by atoms with Gasteiger partial charge in [0.15, 0.2) is 0 Å². The van der Waals surface area contributed by atoms with Crippen LogP contribution in [-0.2, 0) is 11.2 Å². The van der Waals surface area contributed by atoms with Crippen molar-refractivity contribution < 1.29 is 9.53 Å². The number of hydrogen-bond acceptors (Lipinski definition) is 2. The lowest BCUT2D eigenvalue weighted by molar-refractivity contribution is -0.117. The summed E-state index contributed by atoms with van der Waals surface area (Å²) in [5.41, 5.74) is 1.17. The molecule has 0 N–H and O–H groups in total. The first kappa shape index (κ1) is 15.2. The Morgan fingerprint density at radius 3 is 2.78 bits per heavy atom. The van der Waals surface area contributed by atoms with E-state index in [1.54, 1.807) is 6.92 Å². The molecule has 1 aromatic carbocycles. The Hall–Kier alpha value is -0.830. The number of ketones is 1. The number of Topliss-reactive ketones (excluding diaryl/α,β-unsaturated/α-hetero) is 1. The van der Waals surface area contributed by atoms with Gasteiger partial charge in [-0.1, -0.05) is 29.8 Å². The van der Waals surface area contributed by atoms with Crippen molar-refractivity contribution in [1.29, 1.82) is 0 Å². The zero-order valence-corrected chi connectivity index (χ0v) is 12.9. The third kappa shape index (κ3) is 5.21. The first-order valence-electron chi connectivity index (χ1n) is 6.43. The fraction of sp³-hybridized carbons (Fsp3) is 0.533. The lowest BCUT2D eigenvalue weighted by atomic mass is 9.96. The van der Waals surface area contributed by atoms with Gasteiger partial charge in [0.2, 0.25) is 0 Å². The van der Waals surface area contributed by atoms with Gasteiger partial charge in [-0.15, -0.1) is 0 Å². The molecule has 0 amide bonds. The molecule has 0 aliphatic rings. The molecule has 0 spiro atoms. The summed E-state index contributed by atoms with van der Waals surface area (Å²) in [6, 6.07) is 6.07. The van der Waals surface area contributed by atoms with E-state index in [9.17, 15) is 4.79 Å². The van der Waals surface area contributed by atoms with E-state index in [1.807, 2.05) is 12.1 Å². The van der Waals surface area contributed by atoms with Crippen LogP contribution in [0.5, 0.6) is 5.75 Å². The number of ether oxygens (including phenoxy) is 1. The molecule has 18 heavy (non-hydrogen) atoms. The van der Waals surface area contributed by atoms with Gasteiger partial charge in [-0.05, 0) is 49.4 Å². The SMILES string of the molecule is CCCOc1ccc(Br)cc1CC(C)CC(C)=O. The molecule has 1 atom stereocenters. The van der Waals surface area contributed by atoms with Crippen LogP contribution in [0.3, 0.4) is 0 Å². The maximum Gasteiger partial charge on any atom is 0.130 e. The molecule has 0 radical (unpaired) electrons. The highest BCUT2D eigenvalue weighted by atomic mass is 79.9. The molecular formula is C15H21BrO2. The van der Waals surface area contributed by atoms with Gasteiger partial charge < -0.3 is 9.53 Å². The summed E-state index contributed by atoms with van der Waals surface area (Å²) in [7, 11) is 0. The monoisotopic (exact) mass is 312 g/mol. The molecule has 0 fully saturated rings. The first-order chi connectivity index (χ1) is 8.52. The highest BCUT2D eigenvalue weighted by Crippen LogP contribution is 2.26. The van der Waals surface area contributed by atoms with Gasteiger partial charge in [0.1, 0.15) is 11.5 Å². The van der Waals surface area contributed by atoms with Gasteiger partial charge in [0.25, 0.3) is 0 Å². The number of rotatable bonds is 7. The van der Waals surface area contributed by atoms with Crippen LogP contribution in [-0.4, -0.2) is 12.4 Å². The van der Waals surface area contributed by atoms with Crippen molar-refractivity contribution in [1.82, 2.24) is 0 Å². The van der Waals surface area contributed by atoms with E-state index in [0.717, 1.165) is 29.7 Å². The minimum Gasteiger partial charge on any atom is -0.493 e. The number of benzene rings is 1. The standard InChI is InChI=1S/C15H21BrO2/c1-4-7-18-15-6-5-14(16)10-13(15)9-11(2)8-12(3)17/h5-6,10-11H,4,7-9H2,1-3H3. The molecule has 0 aliphatic carbocycles. The quantitative estimate of drug-likeness (QED) is 0.746. The zero-order valence-electron chi connectivity index (χ0n) is 11.3. The van der Waals surface area contributed by atoms with Crippen LogP contribution in [0.2, 0.25) is 0 Å². The minimum absolute atomic E-state index is 0.244. The van der Waals surface area contributed by atoms with Gasteiger partial charge in [0, 0.05) is 10.9 Å². The van der Waals surface area contributed by atoms with Crippen LogP contribution in [0.4, 0.5) is 0 Å². The van der Waals surface area contributed by atoms with Crippen LogP contribution in [0, 0.1) is 5.92 Å². The molecule has 1 rings (SSSR count). The van der Waals surface area contributed by atoms with Crippen molar-refractivity contribution in [2.45, 2.75) is 40.0 Å². The fourth-order valence-electron chi connectivity index (χ4n) is 2.00. The van der Waals surface area contributed by atoms with E-state index in [-0.39, 0.29) is 5.78 Å². The molecule has 3 heteroatoms. The van der Waals surface area contributed by atoms with Gasteiger partial charge in [-0.2, -0.15) is 0 Å². The molecule has 0 aromatic heterocycles. The molecule has 0 bridgehead atoms. The molecule has 0 heterocycles. The molecule has 2 nitrogen and oxygen atoms in total. The smallest absolute Gasteiger partial charge is 0.130 e. The maximum absolute atomic E-state index is 11.1. The second-order valence-electron chi connectivity index (χ2n) is 4.82. The first-order valence-corrected chi connectivity index (χ1v) is 7.22. The Labute approximate surface area is 118 Å². The average molecular weight is 313 g/mol. The van der Waals surface area contributed by atoms with Crippen LogP contribution >= 0.6 is 15.9 Å².